The van der Waals surface area contributed by atoms with E-state index in [0.717, 1.165) is 28.0 Å². The second-order valence-corrected chi connectivity index (χ2v) is 7.53. The van der Waals surface area contributed by atoms with Gasteiger partial charge in [0.05, 0.1) is 11.4 Å². The number of nitrogens with one attached hydrogen (secondary N) is 2. The highest BCUT2D eigenvalue weighted by molar-refractivity contribution is 9.10. The van der Waals surface area contributed by atoms with Crippen LogP contribution in [0.2, 0.25) is 0 Å². The number of nitrogens with zero attached hydrogens (tertiary/aromatic N) is 2. The SMILES string of the molecule is CC1CC1c1cc(NC(=O)Nc2cccc(Br)c2)n(-c2ccccc2)n1. The van der Waals surface area contributed by atoms with Gasteiger partial charge in [-0.3, -0.25) is 5.32 Å². The van der Waals surface area contributed by atoms with Crippen LogP contribution in [-0.2, 0) is 0 Å². The summed E-state index contributed by atoms with van der Waals surface area (Å²) in [6, 6.07) is 19.0. The molecule has 0 aliphatic heterocycles. The summed E-state index contributed by atoms with van der Waals surface area (Å²) >= 11 is 3.41. The quantitative estimate of drug-likeness (QED) is 0.604. The maximum absolute atomic E-state index is 12.5. The van der Waals surface area contributed by atoms with Gasteiger partial charge >= 0.3 is 6.03 Å². The lowest BCUT2D eigenvalue weighted by atomic mass is 10.2. The molecule has 1 heterocycles. The van der Waals surface area contributed by atoms with Gasteiger partial charge in [-0.05, 0) is 42.7 Å². The lowest BCUT2D eigenvalue weighted by Gasteiger charge is -2.10. The van der Waals surface area contributed by atoms with Crippen molar-refractivity contribution in [1.82, 2.24) is 9.78 Å². The van der Waals surface area contributed by atoms with Gasteiger partial charge in [-0.15, -0.1) is 0 Å². The minimum absolute atomic E-state index is 0.296. The second kappa shape index (κ2) is 6.96. The third-order valence-electron chi connectivity index (χ3n) is 4.54. The Balaban J connectivity index is 1.58. The van der Waals surface area contributed by atoms with Crippen molar-refractivity contribution in [3.63, 3.8) is 0 Å². The van der Waals surface area contributed by atoms with Crippen LogP contribution in [0.3, 0.4) is 0 Å². The highest BCUT2D eigenvalue weighted by Crippen LogP contribution is 2.47. The topological polar surface area (TPSA) is 59.0 Å². The van der Waals surface area contributed by atoms with Crippen LogP contribution in [0.4, 0.5) is 16.3 Å². The Labute approximate surface area is 160 Å². The fourth-order valence-electron chi connectivity index (χ4n) is 3.01. The van der Waals surface area contributed by atoms with Crippen molar-refractivity contribution in [2.45, 2.75) is 19.3 Å². The van der Waals surface area contributed by atoms with E-state index >= 15 is 0 Å². The molecule has 2 atom stereocenters. The molecule has 3 aromatic rings. The molecule has 5 nitrogen and oxygen atoms in total. The van der Waals surface area contributed by atoms with E-state index in [1.54, 1.807) is 4.68 Å². The zero-order valence-corrected chi connectivity index (χ0v) is 15.9. The van der Waals surface area contributed by atoms with Crippen molar-refractivity contribution in [2.75, 3.05) is 10.6 Å². The van der Waals surface area contributed by atoms with Gasteiger partial charge in [0.25, 0.3) is 0 Å². The summed E-state index contributed by atoms with van der Waals surface area (Å²) in [4.78, 5) is 12.5. The van der Waals surface area contributed by atoms with Crippen LogP contribution in [0, 0.1) is 5.92 Å². The van der Waals surface area contributed by atoms with Crippen LogP contribution in [0.25, 0.3) is 5.69 Å². The number of para-hydroxylation sites is 1. The molecule has 1 aromatic heterocycles. The van der Waals surface area contributed by atoms with E-state index in [2.05, 4.69) is 33.5 Å². The highest BCUT2D eigenvalue weighted by Gasteiger charge is 2.36. The Bertz CT molecular complexity index is 938. The summed E-state index contributed by atoms with van der Waals surface area (Å²) in [7, 11) is 0. The summed E-state index contributed by atoms with van der Waals surface area (Å²) in [5.41, 5.74) is 2.67. The molecule has 0 spiro atoms. The van der Waals surface area contributed by atoms with Gasteiger partial charge in [-0.2, -0.15) is 5.10 Å². The fraction of sp³-hybridized carbons (Fsp3) is 0.200. The minimum atomic E-state index is -0.296. The smallest absolute Gasteiger partial charge is 0.308 e. The molecule has 6 heteroatoms. The molecular formula is C20H19BrN4O. The molecule has 26 heavy (non-hydrogen) atoms. The van der Waals surface area contributed by atoms with Gasteiger partial charge in [-0.25, -0.2) is 9.48 Å². The summed E-state index contributed by atoms with van der Waals surface area (Å²) in [6.07, 6.45) is 1.15. The lowest BCUT2D eigenvalue weighted by Crippen LogP contribution is -2.21. The third kappa shape index (κ3) is 3.65. The molecule has 4 rings (SSSR count). The van der Waals surface area contributed by atoms with Crippen LogP contribution in [-0.4, -0.2) is 15.8 Å². The van der Waals surface area contributed by atoms with Crippen LogP contribution in [0.15, 0.2) is 65.1 Å². The number of carbonyl (C=O) groups excluding carboxylic acids is 1. The first-order chi connectivity index (χ1) is 12.6. The lowest BCUT2D eigenvalue weighted by molar-refractivity contribution is 0.262. The molecule has 1 aliphatic carbocycles. The molecule has 1 aliphatic rings. The molecule has 0 saturated heterocycles. The average molecular weight is 411 g/mol. The Morgan fingerprint density at radius 2 is 1.88 bits per heavy atom. The summed E-state index contributed by atoms with van der Waals surface area (Å²) in [5.74, 6) is 1.80. The first-order valence-electron chi connectivity index (χ1n) is 8.59. The summed E-state index contributed by atoms with van der Waals surface area (Å²) in [6.45, 7) is 2.22. The van der Waals surface area contributed by atoms with Crippen LogP contribution in [0.1, 0.15) is 25.0 Å². The first-order valence-corrected chi connectivity index (χ1v) is 9.38. The summed E-state index contributed by atoms with van der Waals surface area (Å²) in [5, 5.41) is 10.5. The van der Waals surface area contributed by atoms with Gasteiger partial charge in [0.2, 0.25) is 0 Å². The van der Waals surface area contributed by atoms with E-state index < -0.39 is 0 Å². The Hall–Kier alpha value is -2.60. The number of halogens is 1. The zero-order chi connectivity index (χ0) is 18.1. The molecule has 2 N–H and O–H groups in total. The Morgan fingerprint density at radius 3 is 2.58 bits per heavy atom. The maximum Gasteiger partial charge on any atom is 0.324 e. The van der Waals surface area contributed by atoms with Gasteiger partial charge in [-0.1, -0.05) is 47.1 Å². The van der Waals surface area contributed by atoms with E-state index in [1.165, 1.54) is 0 Å². The predicted molar refractivity (Wildman–Crippen MR) is 107 cm³/mol. The van der Waals surface area contributed by atoms with Gasteiger partial charge in [0, 0.05) is 22.1 Å². The second-order valence-electron chi connectivity index (χ2n) is 6.61. The zero-order valence-electron chi connectivity index (χ0n) is 14.3. The number of hydrogen-bond donors (Lipinski definition) is 2. The first kappa shape index (κ1) is 16.8. The van der Waals surface area contributed by atoms with Gasteiger partial charge < -0.3 is 5.32 Å². The molecule has 2 unspecified atom stereocenters. The van der Waals surface area contributed by atoms with Crippen LogP contribution < -0.4 is 10.6 Å². The van der Waals surface area contributed by atoms with Crippen LogP contribution >= 0.6 is 15.9 Å². The number of rotatable bonds is 4. The van der Waals surface area contributed by atoms with E-state index in [4.69, 9.17) is 5.10 Å². The highest BCUT2D eigenvalue weighted by atomic mass is 79.9. The Morgan fingerprint density at radius 1 is 1.12 bits per heavy atom. The van der Waals surface area contributed by atoms with Crippen molar-refractivity contribution >= 4 is 33.5 Å². The van der Waals surface area contributed by atoms with E-state index in [0.29, 0.717) is 17.7 Å². The number of carbonyl (C=O) groups is 1. The molecule has 0 bridgehead atoms. The van der Waals surface area contributed by atoms with Crippen molar-refractivity contribution in [2.24, 2.45) is 5.92 Å². The molecule has 0 radical (unpaired) electrons. The van der Waals surface area contributed by atoms with E-state index in [1.807, 2.05) is 60.7 Å². The Kier molecular flexibility index (Phi) is 4.51. The van der Waals surface area contributed by atoms with E-state index in [9.17, 15) is 4.79 Å². The predicted octanol–water partition coefficient (Wildman–Crippen LogP) is 5.40. The fourth-order valence-corrected chi connectivity index (χ4v) is 3.41. The molecule has 2 aromatic carbocycles. The van der Waals surface area contributed by atoms with Crippen molar-refractivity contribution in [3.05, 3.63) is 70.8 Å². The summed E-state index contributed by atoms with van der Waals surface area (Å²) < 4.78 is 2.70. The van der Waals surface area contributed by atoms with Crippen molar-refractivity contribution in [3.8, 4) is 5.69 Å². The third-order valence-corrected chi connectivity index (χ3v) is 5.04. The normalized spacial score (nSPS) is 18.4. The largest absolute Gasteiger partial charge is 0.324 e. The van der Waals surface area contributed by atoms with Gasteiger partial charge in [0.15, 0.2) is 0 Å². The van der Waals surface area contributed by atoms with Crippen molar-refractivity contribution < 1.29 is 4.79 Å². The average Bonchev–Trinajstić information content (AvgIpc) is 3.21. The van der Waals surface area contributed by atoms with E-state index in [-0.39, 0.29) is 6.03 Å². The molecular weight excluding hydrogens is 392 g/mol. The minimum Gasteiger partial charge on any atom is -0.308 e. The number of anilines is 2. The molecule has 1 fully saturated rings. The molecule has 132 valence electrons. The van der Waals surface area contributed by atoms with Gasteiger partial charge in [0.1, 0.15) is 5.82 Å². The standard InChI is InChI=1S/C20H19BrN4O/c1-13-10-17(13)18-12-19(25(24-18)16-8-3-2-4-9-16)23-20(26)22-15-7-5-6-14(21)11-15/h2-9,11-13,17H,10H2,1H3,(H2,22,23,26). The molecule has 2 amide bonds. The number of aromatic nitrogens is 2. The van der Waals surface area contributed by atoms with Crippen LogP contribution in [0.5, 0.6) is 0 Å². The maximum atomic E-state index is 12.5. The number of benzene rings is 2. The monoisotopic (exact) mass is 410 g/mol. The number of amides is 2. The number of hydrogen-bond acceptors (Lipinski definition) is 2. The van der Waals surface area contributed by atoms with Crippen molar-refractivity contribution in [1.29, 1.82) is 0 Å². The number of urea groups is 1. The molecule has 1 saturated carbocycles.